The van der Waals surface area contributed by atoms with Crippen LogP contribution in [-0.2, 0) is 4.79 Å². The van der Waals surface area contributed by atoms with Crippen LogP contribution < -0.4 is 5.32 Å². The van der Waals surface area contributed by atoms with Crippen LogP contribution >= 0.6 is 11.8 Å². The molecule has 2 aromatic carbocycles. The number of thioether (sulfide) groups is 1. The highest BCUT2D eigenvalue weighted by atomic mass is 32.2. The predicted octanol–water partition coefficient (Wildman–Crippen LogP) is 3.80. The summed E-state index contributed by atoms with van der Waals surface area (Å²) < 4.78 is 2.09. The summed E-state index contributed by atoms with van der Waals surface area (Å²) in [6.45, 7) is 5.06. The van der Waals surface area contributed by atoms with Crippen molar-refractivity contribution in [3.05, 3.63) is 65.9 Å². The van der Waals surface area contributed by atoms with Crippen LogP contribution in [0.1, 0.15) is 11.1 Å². The van der Waals surface area contributed by atoms with Crippen molar-refractivity contribution in [3.8, 4) is 16.9 Å². The standard InChI is InChI=1S/C22H22N4O2S/c1-15-8-9-18(16(2)12-15)26-19(17-6-4-3-5-7-17)13-24-22(26)29-14-20(27)25-11-10-23-21(25)28/h3-9,12-13H,10-11,14H2,1-2H3,(H,23,28). The monoisotopic (exact) mass is 406 g/mol. The second-order valence-corrected chi connectivity index (χ2v) is 7.93. The third-order valence-corrected chi connectivity index (χ3v) is 5.81. The molecule has 0 spiro atoms. The van der Waals surface area contributed by atoms with E-state index in [2.05, 4.69) is 46.9 Å². The highest BCUT2D eigenvalue weighted by Gasteiger charge is 2.26. The first-order chi connectivity index (χ1) is 14.0. The van der Waals surface area contributed by atoms with E-state index in [9.17, 15) is 9.59 Å². The normalized spacial score (nSPS) is 13.6. The summed E-state index contributed by atoms with van der Waals surface area (Å²) in [6, 6.07) is 16.0. The molecule has 1 aliphatic rings. The lowest BCUT2D eigenvalue weighted by Crippen LogP contribution is -2.35. The molecule has 7 heteroatoms. The Labute approximate surface area is 173 Å². The molecular formula is C22H22N4O2S. The maximum Gasteiger partial charge on any atom is 0.324 e. The molecule has 1 saturated heterocycles. The second kappa shape index (κ2) is 8.13. The molecule has 3 amide bonds. The number of hydrogen-bond donors (Lipinski definition) is 1. The summed E-state index contributed by atoms with van der Waals surface area (Å²) in [6.07, 6.45) is 1.84. The van der Waals surface area contributed by atoms with Crippen LogP contribution in [0, 0.1) is 13.8 Å². The summed E-state index contributed by atoms with van der Waals surface area (Å²) in [5.74, 6) is -0.0507. The van der Waals surface area contributed by atoms with Gasteiger partial charge in [-0.2, -0.15) is 0 Å². The molecule has 2 heterocycles. The quantitative estimate of drug-likeness (QED) is 0.655. The van der Waals surface area contributed by atoms with Crippen molar-refractivity contribution in [2.24, 2.45) is 0 Å². The zero-order valence-corrected chi connectivity index (χ0v) is 17.2. The maximum absolute atomic E-state index is 12.5. The fraction of sp³-hybridized carbons (Fsp3) is 0.227. The Bertz CT molecular complexity index is 1060. The molecule has 1 fully saturated rings. The number of carbonyl (C=O) groups is 2. The smallest absolute Gasteiger partial charge is 0.324 e. The van der Waals surface area contributed by atoms with Crippen LogP contribution in [0.3, 0.4) is 0 Å². The molecule has 0 atom stereocenters. The Balaban J connectivity index is 1.69. The van der Waals surface area contributed by atoms with Gasteiger partial charge in [-0.15, -0.1) is 0 Å². The van der Waals surface area contributed by atoms with Crippen molar-refractivity contribution in [2.45, 2.75) is 19.0 Å². The van der Waals surface area contributed by atoms with Gasteiger partial charge in [-0.1, -0.05) is 59.8 Å². The van der Waals surface area contributed by atoms with E-state index in [1.54, 1.807) is 0 Å². The molecule has 6 nitrogen and oxygen atoms in total. The van der Waals surface area contributed by atoms with Crippen LogP contribution in [0.4, 0.5) is 4.79 Å². The van der Waals surface area contributed by atoms with Gasteiger partial charge in [-0.05, 0) is 25.5 Å². The number of hydrogen-bond acceptors (Lipinski definition) is 4. The fourth-order valence-electron chi connectivity index (χ4n) is 3.45. The zero-order valence-electron chi connectivity index (χ0n) is 16.4. The Morgan fingerprint density at radius 2 is 1.97 bits per heavy atom. The number of imidazole rings is 1. The summed E-state index contributed by atoms with van der Waals surface area (Å²) in [5.41, 5.74) is 5.37. The first-order valence-electron chi connectivity index (χ1n) is 9.46. The predicted molar refractivity (Wildman–Crippen MR) is 114 cm³/mol. The van der Waals surface area contributed by atoms with E-state index in [0.717, 1.165) is 27.7 Å². The third kappa shape index (κ3) is 3.91. The number of aryl methyl sites for hydroxylation is 2. The Morgan fingerprint density at radius 3 is 2.66 bits per heavy atom. The molecule has 3 aromatic rings. The minimum atomic E-state index is -0.321. The molecule has 148 valence electrons. The van der Waals surface area contributed by atoms with Crippen LogP contribution in [0.5, 0.6) is 0 Å². The van der Waals surface area contributed by atoms with E-state index in [4.69, 9.17) is 0 Å². The zero-order chi connectivity index (χ0) is 20.4. The number of amides is 3. The van der Waals surface area contributed by atoms with Crippen molar-refractivity contribution < 1.29 is 9.59 Å². The molecule has 0 aliphatic carbocycles. The lowest BCUT2D eigenvalue weighted by atomic mass is 10.1. The van der Waals surface area contributed by atoms with E-state index >= 15 is 0 Å². The van der Waals surface area contributed by atoms with Crippen molar-refractivity contribution in [1.29, 1.82) is 0 Å². The van der Waals surface area contributed by atoms with Crippen molar-refractivity contribution in [1.82, 2.24) is 19.8 Å². The van der Waals surface area contributed by atoms with E-state index < -0.39 is 0 Å². The highest BCUT2D eigenvalue weighted by Crippen LogP contribution is 2.31. The van der Waals surface area contributed by atoms with Gasteiger partial charge < -0.3 is 5.32 Å². The van der Waals surface area contributed by atoms with Crippen LogP contribution in [-0.4, -0.2) is 45.2 Å². The SMILES string of the molecule is Cc1ccc(-n2c(-c3ccccc3)cnc2SCC(=O)N2CCNC2=O)c(C)c1. The van der Waals surface area contributed by atoms with Crippen molar-refractivity contribution in [3.63, 3.8) is 0 Å². The largest absolute Gasteiger partial charge is 0.336 e. The fourth-order valence-corrected chi connectivity index (χ4v) is 4.31. The van der Waals surface area contributed by atoms with Gasteiger partial charge in [0.25, 0.3) is 0 Å². The molecule has 1 N–H and O–H groups in total. The molecule has 1 aliphatic heterocycles. The average molecular weight is 407 g/mol. The summed E-state index contributed by atoms with van der Waals surface area (Å²) in [7, 11) is 0. The van der Waals surface area contributed by atoms with Crippen LogP contribution in [0.15, 0.2) is 59.9 Å². The van der Waals surface area contributed by atoms with Gasteiger partial charge in [-0.3, -0.25) is 14.3 Å². The van der Waals surface area contributed by atoms with Gasteiger partial charge in [0.05, 0.1) is 23.3 Å². The third-order valence-electron chi connectivity index (χ3n) is 4.87. The van der Waals surface area contributed by atoms with Gasteiger partial charge in [0.15, 0.2) is 5.16 Å². The summed E-state index contributed by atoms with van der Waals surface area (Å²) in [4.78, 5) is 30.1. The summed E-state index contributed by atoms with van der Waals surface area (Å²) >= 11 is 1.35. The van der Waals surface area contributed by atoms with Crippen LogP contribution in [0.25, 0.3) is 16.9 Å². The molecule has 0 saturated carbocycles. The Hall–Kier alpha value is -3.06. The van der Waals surface area contributed by atoms with Gasteiger partial charge in [-0.25, -0.2) is 9.78 Å². The van der Waals surface area contributed by atoms with Gasteiger partial charge in [0.2, 0.25) is 5.91 Å². The second-order valence-electron chi connectivity index (χ2n) is 6.98. The minimum Gasteiger partial charge on any atom is -0.336 e. The van der Waals surface area contributed by atoms with E-state index in [1.807, 2.05) is 36.5 Å². The molecular weight excluding hydrogens is 384 g/mol. The van der Waals surface area contributed by atoms with Gasteiger partial charge in [0, 0.05) is 18.7 Å². The molecule has 29 heavy (non-hydrogen) atoms. The Morgan fingerprint density at radius 1 is 1.17 bits per heavy atom. The van der Waals surface area contributed by atoms with Crippen LogP contribution in [0.2, 0.25) is 0 Å². The number of rotatable bonds is 5. The van der Waals surface area contributed by atoms with Gasteiger partial charge >= 0.3 is 6.03 Å². The molecule has 4 rings (SSSR count). The lowest BCUT2D eigenvalue weighted by molar-refractivity contribution is -0.124. The first-order valence-corrected chi connectivity index (χ1v) is 10.4. The minimum absolute atomic E-state index is 0.156. The number of urea groups is 1. The van der Waals surface area contributed by atoms with Gasteiger partial charge in [0.1, 0.15) is 0 Å². The number of benzene rings is 2. The lowest BCUT2D eigenvalue weighted by Gasteiger charge is -2.16. The highest BCUT2D eigenvalue weighted by molar-refractivity contribution is 7.99. The van der Waals surface area contributed by atoms with E-state index in [0.29, 0.717) is 13.1 Å². The summed E-state index contributed by atoms with van der Waals surface area (Å²) in [5, 5.41) is 3.39. The topological polar surface area (TPSA) is 67.2 Å². The van der Waals surface area contributed by atoms with E-state index in [-0.39, 0.29) is 17.7 Å². The molecule has 1 aromatic heterocycles. The first kappa shape index (κ1) is 19.3. The Kier molecular flexibility index (Phi) is 5.40. The molecule has 0 radical (unpaired) electrons. The number of nitrogens with zero attached hydrogens (tertiary/aromatic N) is 3. The molecule has 0 bridgehead atoms. The number of imide groups is 1. The van der Waals surface area contributed by atoms with Crippen molar-refractivity contribution >= 4 is 23.7 Å². The average Bonchev–Trinajstić information content (AvgIpc) is 3.33. The number of nitrogens with one attached hydrogen (secondary N) is 1. The number of carbonyl (C=O) groups excluding carboxylic acids is 2. The number of aromatic nitrogens is 2. The molecule has 0 unspecified atom stereocenters. The maximum atomic E-state index is 12.5. The van der Waals surface area contributed by atoms with E-state index in [1.165, 1.54) is 22.2 Å². The van der Waals surface area contributed by atoms with Crippen molar-refractivity contribution in [2.75, 3.05) is 18.8 Å².